The first-order valence-corrected chi connectivity index (χ1v) is 6.66. The minimum atomic E-state index is -0.317. The van der Waals surface area contributed by atoms with Crippen LogP contribution in [0.3, 0.4) is 0 Å². The lowest BCUT2D eigenvalue weighted by Crippen LogP contribution is -2.28. The highest BCUT2D eigenvalue weighted by molar-refractivity contribution is 5.85. The molecule has 2 aromatic rings. The van der Waals surface area contributed by atoms with Crippen LogP contribution in [0.2, 0.25) is 0 Å². The quantitative estimate of drug-likeness (QED) is 0.765. The zero-order valence-corrected chi connectivity index (χ0v) is 10.9. The van der Waals surface area contributed by atoms with Gasteiger partial charge >= 0.3 is 0 Å². The number of aliphatic hydroxyl groups is 1. The second-order valence-corrected chi connectivity index (χ2v) is 4.70. The number of nitrogens with one attached hydrogen (secondary N) is 1. The first-order valence-electron chi connectivity index (χ1n) is 6.66. The van der Waals surface area contributed by atoms with Crippen molar-refractivity contribution in [3.63, 3.8) is 0 Å². The second kappa shape index (κ2) is 6.53. The van der Waals surface area contributed by atoms with Crippen LogP contribution in [0.4, 0.5) is 0 Å². The fourth-order valence-electron chi connectivity index (χ4n) is 2.24. The normalized spacial score (nSPS) is 12.8. The van der Waals surface area contributed by atoms with E-state index in [4.69, 9.17) is 0 Å². The maximum absolute atomic E-state index is 10.0. The van der Waals surface area contributed by atoms with E-state index in [9.17, 15) is 5.11 Å². The van der Waals surface area contributed by atoms with Crippen molar-refractivity contribution in [3.8, 4) is 0 Å². The summed E-state index contributed by atoms with van der Waals surface area (Å²) in [6, 6.07) is 14.6. The van der Waals surface area contributed by atoms with Crippen molar-refractivity contribution in [2.24, 2.45) is 0 Å². The standard InChI is InChI=1S/C16H21NO/c1-2-10-17-12-15(18)11-14-8-5-7-13-6-3-4-9-16(13)14/h3-9,15,17-18H,2,10-12H2,1H3. The van der Waals surface area contributed by atoms with Crippen LogP contribution in [-0.2, 0) is 6.42 Å². The SMILES string of the molecule is CCCNCC(O)Cc1cccc2ccccc12. The Hall–Kier alpha value is -1.38. The van der Waals surface area contributed by atoms with Crippen LogP contribution in [0.1, 0.15) is 18.9 Å². The maximum atomic E-state index is 10.0. The van der Waals surface area contributed by atoms with Crippen molar-refractivity contribution in [3.05, 3.63) is 48.0 Å². The fraction of sp³-hybridized carbons (Fsp3) is 0.375. The monoisotopic (exact) mass is 243 g/mol. The van der Waals surface area contributed by atoms with Crippen molar-refractivity contribution in [1.82, 2.24) is 5.32 Å². The van der Waals surface area contributed by atoms with Gasteiger partial charge in [-0.05, 0) is 29.3 Å². The summed E-state index contributed by atoms with van der Waals surface area (Å²) in [6.07, 6.45) is 1.49. The number of hydrogen-bond donors (Lipinski definition) is 2. The van der Waals surface area contributed by atoms with Gasteiger partial charge in [0.05, 0.1) is 6.10 Å². The Morgan fingerprint density at radius 2 is 1.89 bits per heavy atom. The molecule has 18 heavy (non-hydrogen) atoms. The van der Waals surface area contributed by atoms with E-state index in [0.717, 1.165) is 13.0 Å². The molecule has 0 saturated carbocycles. The second-order valence-electron chi connectivity index (χ2n) is 4.70. The van der Waals surface area contributed by atoms with Crippen molar-refractivity contribution in [2.45, 2.75) is 25.9 Å². The molecule has 1 unspecified atom stereocenters. The van der Waals surface area contributed by atoms with Crippen LogP contribution < -0.4 is 5.32 Å². The average molecular weight is 243 g/mol. The molecular weight excluding hydrogens is 222 g/mol. The Bertz CT molecular complexity index is 490. The summed E-state index contributed by atoms with van der Waals surface area (Å²) in [4.78, 5) is 0. The number of benzene rings is 2. The van der Waals surface area contributed by atoms with Crippen LogP contribution in [0.15, 0.2) is 42.5 Å². The molecule has 0 amide bonds. The highest BCUT2D eigenvalue weighted by atomic mass is 16.3. The van der Waals surface area contributed by atoms with Gasteiger partial charge in [0, 0.05) is 13.0 Å². The van der Waals surface area contributed by atoms with Crippen LogP contribution in [0.5, 0.6) is 0 Å². The Kier molecular flexibility index (Phi) is 4.73. The zero-order chi connectivity index (χ0) is 12.8. The predicted octanol–water partition coefficient (Wildman–Crippen LogP) is 2.74. The fourth-order valence-corrected chi connectivity index (χ4v) is 2.24. The molecule has 0 aromatic heterocycles. The molecule has 0 radical (unpaired) electrons. The lowest BCUT2D eigenvalue weighted by Gasteiger charge is -2.13. The minimum absolute atomic E-state index is 0.317. The summed E-state index contributed by atoms with van der Waals surface area (Å²) in [5.41, 5.74) is 1.22. The zero-order valence-electron chi connectivity index (χ0n) is 10.9. The highest BCUT2D eigenvalue weighted by Gasteiger charge is 2.07. The van der Waals surface area contributed by atoms with Gasteiger partial charge < -0.3 is 10.4 Å². The van der Waals surface area contributed by atoms with E-state index >= 15 is 0 Å². The molecule has 2 nitrogen and oxygen atoms in total. The Balaban J connectivity index is 2.07. The summed E-state index contributed by atoms with van der Waals surface area (Å²) in [5, 5.41) is 15.8. The van der Waals surface area contributed by atoms with Crippen molar-refractivity contribution < 1.29 is 5.11 Å². The molecule has 2 aromatic carbocycles. The number of hydrogen-bond acceptors (Lipinski definition) is 2. The largest absolute Gasteiger partial charge is 0.391 e. The van der Waals surface area contributed by atoms with Gasteiger partial charge in [-0.3, -0.25) is 0 Å². The van der Waals surface area contributed by atoms with Gasteiger partial charge in [0.1, 0.15) is 0 Å². The summed E-state index contributed by atoms with van der Waals surface area (Å²) < 4.78 is 0. The maximum Gasteiger partial charge on any atom is 0.0705 e. The van der Waals surface area contributed by atoms with Crippen LogP contribution in [-0.4, -0.2) is 24.3 Å². The average Bonchev–Trinajstić information content (AvgIpc) is 2.39. The number of fused-ring (bicyclic) bond motifs is 1. The molecule has 0 saturated heterocycles. The molecule has 1 atom stereocenters. The molecule has 0 heterocycles. The van der Waals surface area contributed by atoms with Crippen molar-refractivity contribution in [2.75, 3.05) is 13.1 Å². The van der Waals surface area contributed by atoms with E-state index < -0.39 is 0 Å². The highest BCUT2D eigenvalue weighted by Crippen LogP contribution is 2.19. The van der Waals surface area contributed by atoms with Crippen molar-refractivity contribution >= 4 is 10.8 Å². The van der Waals surface area contributed by atoms with E-state index in [0.29, 0.717) is 13.0 Å². The third-order valence-corrected chi connectivity index (χ3v) is 3.14. The van der Waals surface area contributed by atoms with Gasteiger partial charge in [-0.25, -0.2) is 0 Å². The Morgan fingerprint density at radius 1 is 1.11 bits per heavy atom. The van der Waals surface area contributed by atoms with Gasteiger partial charge in [-0.1, -0.05) is 49.4 Å². The van der Waals surface area contributed by atoms with Gasteiger partial charge in [0.2, 0.25) is 0 Å². The Morgan fingerprint density at radius 3 is 2.72 bits per heavy atom. The van der Waals surface area contributed by atoms with Crippen LogP contribution in [0.25, 0.3) is 10.8 Å². The van der Waals surface area contributed by atoms with Gasteiger partial charge in [-0.15, -0.1) is 0 Å². The van der Waals surface area contributed by atoms with Crippen LogP contribution >= 0.6 is 0 Å². The molecular formula is C16H21NO. The third kappa shape index (κ3) is 3.31. The van der Waals surface area contributed by atoms with Gasteiger partial charge in [0.25, 0.3) is 0 Å². The van der Waals surface area contributed by atoms with E-state index in [2.05, 4.69) is 42.6 Å². The van der Waals surface area contributed by atoms with E-state index in [1.807, 2.05) is 12.1 Å². The molecule has 2 N–H and O–H groups in total. The summed E-state index contributed by atoms with van der Waals surface area (Å²) in [7, 11) is 0. The summed E-state index contributed by atoms with van der Waals surface area (Å²) in [6.45, 7) is 3.76. The summed E-state index contributed by atoms with van der Waals surface area (Å²) in [5.74, 6) is 0. The van der Waals surface area contributed by atoms with Gasteiger partial charge in [-0.2, -0.15) is 0 Å². The van der Waals surface area contributed by atoms with E-state index in [-0.39, 0.29) is 6.10 Å². The van der Waals surface area contributed by atoms with E-state index in [1.165, 1.54) is 16.3 Å². The molecule has 96 valence electrons. The third-order valence-electron chi connectivity index (χ3n) is 3.14. The van der Waals surface area contributed by atoms with Crippen LogP contribution in [0, 0.1) is 0 Å². The molecule has 0 aliphatic carbocycles. The lowest BCUT2D eigenvalue weighted by molar-refractivity contribution is 0.172. The number of rotatable bonds is 6. The topological polar surface area (TPSA) is 32.3 Å². The molecule has 0 bridgehead atoms. The number of aliphatic hydroxyl groups excluding tert-OH is 1. The summed E-state index contributed by atoms with van der Waals surface area (Å²) >= 11 is 0. The molecule has 2 heteroatoms. The minimum Gasteiger partial charge on any atom is -0.391 e. The first-order chi connectivity index (χ1) is 8.81. The van der Waals surface area contributed by atoms with Gasteiger partial charge in [0.15, 0.2) is 0 Å². The lowest BCUT2D eigenvalue weighted by atomic mass is 10.00. The Labute approximate surface area is 109 Å². The van der Waals surface area contributed by atoms with E-state index in [1.54, 1.807) is 0 Å². The molecule has 0 fully saturated rings. The molecule has 0 aliphatic rings. The predicted molar refractivity (Wildman–Crippen MR) is 76.8 cm³/mol. The molecule has 2 rings (SSSR count). The van der Waals surface area contributed by atoms with Crippen molar-refractivity contribution in [1.29, 1.82) is 0 Å². The smallest absolute Gasteiger partial charge is 0.0705 e. The molecule has 0 spiro atoms. The first kappa shape index (κ1) is 13.1. The molecule has 0 aliphatic heterocycles.